The molecule has 0 aromatic carbocycles. The van der Waals surface area contributed by atoms with Crippen LogP contribution < -0.4 is 6.15 Å². The fourth-order valence-electron chi connectivity index (χ4n) is 0. The molecular weight excluding hydrogens is 158 g/mol. The predicted octanol–water partition coefficient (Wildman–Crippen LogP) is -0.699. The number of quaternary nitrogens is 1. The van der Waals surface area contributed by atoms with Crippen molar-refractivity contribution in [2.45, 2.75) is 0 Å². The van der Waals surface area contributed by atoms with Gasteiger partial charge in [0.15, 0.2) is 0 Å². The van der Waals surface area contributed by atoms with Crippen LogP contribution in [0.1, 0.15) is 0 Å². The molecule has 0 spiro atoms. The van der Waals surface area contributed by atoms with Crippen LogP contribution in [0.4, 0.5) is 0 Å². The van der Waals surface area contributed by atoms with Crippen molar-refractivity contribution in [3.05, 3.63) is 0 Å². The first kappa shape index (κ1) is 10.5. The van der Waals surface area contributed by atoms with Gasteiger partial charge in [-0.1, -0.05) is 0 Å². The third kappa shape index (κ3) is 10.8. The SMILES string of the molecule is O=S(=O)([O-])[O][Ti].[NH4+]. The molecule has 0 aliphatic heterocycles. The molecule has 0 aromatic heterocycles. The maximum Gasteiger partial charge on any atom is -0.369 e. The van der Waals surface area contributed by atoms with Crippen LogP contribution in [0.25, 0.3) is 0 Å². The molecule has 5 nitrogen and oxygen atoms in total. The Morgan fingerprint density at radius 2 is 1.71 bits per heavy atom. The average molecular weight is 162 g/mol. The van der Waals surface area contributed by atoms with Gasteiger partial charge in [-0.2, -0.15) is 0 Å². The molecule has 0 amide bonds. The predicted molar refractivity (Wildman–Crippen MR) is 16.8 cm³/mol. The standard InChI is InChI=1S/H3N.H2O4S.Ti/c;1-5(2,3)4;/h1H3;(H2,1,2,3,4);/q;;+1/p-1. The summed E-state index contributed by atoms with van der Waals surface area (Å²) < 4.78 is 31.0. The molecule has 0 bridgehead atoms. The van der Waals surface area contributed by atoms with Crippen molar-refractivity contribution in [3.8, 4) is 0 Å². The van der Waals surface area contributed by atoms with Crippen LogP contribution in [0.5, 0.6) is 0 Å². The fraction of sp³-hybridized carbons (Fsp3) is 0. The van der Waals surface area contributed by atoms with Crippen LogP contribution >= 0.6 is 0 Å². The summed E-state index contributed by atoms with van der Waals surface area (Å²) in [5.41, 5.74) is 0. The van der Waals surface area contributed by atoms with Crippen molar-refractivity contribution in [1.82, 2.24) is 6.15 Å². The zero-order chi connectivity index (χ0) is 5.21. The molecule has 0 atom stereocenters. The van der Waals surface area contributed by atoms with E-state index >= 15 is 0 Å². The van der Waals surface area contributed by atoms with Crippen LogP contribution in [0.2, 0.25) is 0 Å². The van der Waals surface area contributed by atoms with E-state index in [1.165, 1.54) is 0 Å². The second kappa shape index (κ2) is 3.53. The molecule has 0 saturated heterocycles. The van der Waals surface area contributed by atoms with Crippen LogP contribution in [0, 0.1) is 0 Å². The molecule has 7 heavy (non-hydrogen) atoms. The zero-order valence-electron chi connectivity index (χ0n) is 3.54. The minimum Gasteiger partial charge on any atom is -0.369 e. The summed E-state index contributed by atoms with van der Waals surface area (Å²) in [6.45, 7) is 0. The van der Waals surface area contributed by atoms with Crippen LogP contribution in [0.15, 0.2) is 0 Å². The Kier molecular flexibility index (Phi) is 5.31. The van der Waals surface area contributed by atoms with Gasteiger partial charge in [-0.3, -0.25) is 0 Å². The first-order valence-electron chi connectivity index (χ1n) is 0.871. The van der Waals surface area contributed by atoms with Crippen molar-refractivity contribution in [2.24, 2.45) is 0 Å². The van der Waals surface area contributed by atoms with Crippen molar-refractivity contribution in [2.75, 3.05) is 0 Å². The molecule has 43 valence electrons. The maximum atomic E-state index is 9.22. The Balaban J connectivity index is 0. The van der Waals surface area contributed by atoms with E-state index in [0.29, 0.717) is 0 Å². The van der Waals surface area contributed by atoms with Crippen molar-refractivity contribution >= 4 is 10.4 Å². The normalized spacial score (nSPS) is 9.71. The summed E-state index contributed by atoms with van der Waals surface area (Å²) in [5, 5.41) is 0. The molecule has 0 fully saturated rings. The summed E-state index contributed by atoms with van der Waals surface area (Å²) >= 11 is 0.808. The third-order valence-corrected chi connectivity index (χ3v) is 1.26. The second-order valence-electron chi connectivity index (χ2n) is 0.492. The Labute approximate surface area is 53.5 Å². The van der Waals surface area contributed by atoms with Gasteiger partial charge in [0.1, 0.15) is 0 Å². The smallest absolute Gasteiger partial charge is 0.369 e. The van der Waals surface area contributed by atoms with Crippen molar-refractivity contribution < 1.29 is 36.6 Å². The Morgan fingerprint density at radius 3 is 1.71 bits per heavy atom. The molecule has 0 heterocycles. The zero-order valence-corrected chi connectivity index (χ0v) is 5.92. The van der Waals surface area contributed by atoms with Crippen LogP contribution in [0.3, 0.4) is 0 Å². The van der Waals surface area contributed by atoms with E-state index in [1.807, 2.05) is 0 Å². The Hall–Kier alpha value is 0.544. The molecule has 0 unspecified atom stereocenters. The molecule has 0 radical (unpaired) electrons. The summed E-state index contributed by atoms with van der Waals surface area (Å²) in [6, 6.07) is 0. The van der Waals surface area contributed by atoms with Gasteiger partial charge in [-0.25, -0.2) is 0 Å². The molecule has 0 aliphatic carbocycles. The quantitative estimate of drug-likeness (QED) is 0.312. The fourth-order valence-corrected chi connectivity index (χ4v) is 0. The van der Waals surface area contributed by atoms with E-state index in [1.54, 1.807) is 0 Å². The van der Waals surface area contributed by atoms with E-state index in [2.05, 4.69) is 2.76 Å². The molecule has 0 saturated carbocycles. The monoisotopic (exact) mass is 162 g/mol. The molecule has 0 aliphatic rings. The third-order valence-electron chi connectivity index (χ3n) is 0.102. The van der Waals surface area contributed by atoms with Gasteiger partial charge >= 0.3 is 47.0 Å². The molecule has 0 aromatic rings. The van der Waals surface area contributed by atoms with Gasteiger partial charge in [0, 0.05) is 0 Å². The molecule has 7 heteroatoms. The van der Waals surface area contributed by atoms with Gasteiger partial charge < -0.3 is 6.15 Å². The van der Waals surface area contributed by atoms with Crippen LogP contribution in [-0.4, -0.2) is 13.0 Å². The average Bonchev–Trinajstić information content (AvgIpc) is 1.35. The van der Waals surface area contributed by atoms with Gasteiger partial charge in [0.25, 0.3) is 0 Å². The van der Waals surface area contributed by atoms with Crippen LogP contribution in [-0.2, 0) is 34.0 Å². The van der Waals surface area contributed by atoms with Gasteiger partial charge in [-0.05, 0) is 0 Å². The topological polar surface area (TPSA) is 103 Å². The van der Waals surface area contributed by atoms with Crippen molar-refractivity contribution in [3.63, 3.8) is 0 Å². The van der Waals surface area contributed by atoms with Gasteiger partial charge in [0.2, 0.25) is 0 Å². The van der Waals surface area contributed by atoms with E-state index < -0.39 is 10.4 Å². The summed E-state index contributed by atoms with van der Waals surface area (Å²) in [4.78, 5) is 0. The second-order valence-corrected chi connectivity index (χ2v) is 2.26. The largest absolute Gasteiger partial charge is 0.369 e. The van der Waals surface area contributed by atoms with E-state index in [9.17, 15) is 13.0 Å². The first-order valence-corrected chi connectivity index (χ1v) is 2.84. The Bertz CT molecular complexity index is 114. The summed E-state index contributed by atoms with van der Waals surface area (Å²) in [5.74, 6) is 0. The van der Waals surface area contributed by atoms with E-state index in [4.69, 9.17) is 0 Å². The first-order chi connectivity index (χ1) is 2.56. The number of rotatable bonds is 1. The Morgan fingerprint density at radius 1 is 1.57 bits per heavy atom. The summed E-state index contributed by atoms with van der Waals surface area (Å²) in [7, 11) is -4.41. The molecule has 4 N–H and O–H groups in total. The number of hydrogen-bond acceptors (Lipinski definition) is 4. The minimum absolute atomic E-state index is 0. The van der Waals surface area contributed by atoms with Crippen molar-refractivity contribution in [1.29, 1.82) is 0 Å². The van der Waals surface area contributed by atoms with E-state index in [-0.39, 0.29) is 6.15 Å². The van der Waals surface area contributed by atoms with E-state index in [0.717, 1.165) is 20.8 Å². The minimum atomic E-state index is -4.41. The summed E-state index contributed by atoms with van der Waals surface area (Å²) in [6.07, 6.45) is 0. The maximum absolute atomic E-state index is 9.22. The molecular formula is H4NO4STi. The van der Waals surface area contributed by atoms with Gasteiger partial charge in [0.05, 0.1) is 0 Å². The molecule has 0 rings (SSSR count). The van der Waals surface area contributed by atoms with Gasteiger partial charge in [-0.15, -0.1) is 0 Å². The number of hydrogen-bond donors (Lipinski definition) is 1.